The molecular weight excluding hydrogens is 280 g/mol. The van der Waals surface area contributed by atoms with Gasteiger partial charge in [-0.3, -0.25) is 0 Å². The van der Waals surface area contributed by atoms with Crippen LogP contribution < -0.4 is 9.47 Å². The SMILES string of the molecule is CC(C)N1CCCc2cc(C=C3CC[n+]4ccccc43)ccc21. The van der Waals surface area contributed by atoms with Crippen molar-refractivity contribution in [3.8, 4) is 0 Å². The Morgan fingerprint density at radius 1 is 1.13 bits per heavy atom. The Labute approximate surface area is 139 Å². The quantitative estimate of drug-likeness (QED) is 0.758. The Balaban J connectivity index is 1.68. The lowest BCUT2D eigenvalue weighted by Gasteiger charge is -2.34. The van der Waals surface area contributed by atoms with Crippen LogP contribution >= 0.6 is 0 Å². The Morgan fingerprint density at radius 3 is 2.91 bits per heavy atom. The molecule has 0 spiro atoms. The molecule has 0 saturated carbocycles. The second-order valence-electron chi connectivity index (χ2n) is 6.98. The van der Waals surface area contributed by atoms with Crippen LogP contribution in [0.15, 0.2) is 42.6 Å². The second kappa shape index (κ2) is 5.84. The lowest BCUT2D eigenvalue weighted by atomic mass is 9.97. The average Bonchev–Trinajstić information content (AvgIpc) is 2.97. The number of nitrogens with zero attached hydrogens (tertiary/aromatic N) is 2. The highest BCUT2D eigenvalue weighted by molar-refractivity contribution is 5.80. The van der Waals surface area contributed by atoms with Gasteiger partial charge in [-0.2, -0.15) is 4.57 Å². The summed E-state index contributed by atoms with van der Waals surface area (Å²) in [5.41, 5.74) is 7.13. The molecule has 0 saturated heterocycles. The van der Waals surface area contributed by atoms with E-state index in [4.69, 9.17) is 0 Å². The first-order chi connectivity index (χ1) is 11.2. The molecule has 2 nitrogen and oxygen atoms in total. The molecule has 2 heteroatoms. The number of pyridine rings is 1. The molecule has 2 aromatic rings. The van der Waals surface area contributed by atoms with Gasteiger partial charge >= 0.3 is 0 Å². The number of aryl methyl sites for hydroxylation is 2. The molecule has 2 aliphatic rings. The van der Waals surface area contributed by atoms with Crippen LogP contribution in [0.1, 0.15) is 43.5 Å². The van der Waals surface area contributed by atoms with E-state index in [-0.39, 0.29) is 0 Å². The van der Waals surface area contributed by atoms with Crippen LogP contribution in [-0.2, 0) is 13.0 Å². The van der Waals surface area contributed by atoms with Gasteiger partial charge in [0.25, 0.3) is 0 Å². The molecule has 0 bridgehead atoms. The van der Waals surface area contributed by atoms with Crippen LogP contribution in [0.4, 0.5) is 5.69 Å². The van der Waals surface area contributed by atoms with E-state index in [1.807, 2.05) is 0 Å². The van der Waals surface area contributed by atoms with Crippen LogP contribution in [0.5, 0.6) is 0 Å². The minimum atomic E-state index is 0.580. The summed E-state index contributed by atoms with van der Waals surface area (Å²) < 4.78 is 2.35. The Bertz CT molecular complexity index is 758. The molecule has 0 fully saturated rings. The zero-order chi connectivity index (χ0) is 15.8. The number of aromatic nitrogens is 1. The van der Waals surface area contributed by atoms with Crippen LogP contribution in [0, 0.1) is 0 Å². The molecule has 0 amide bonds. The summed E-state index contributed by atoms with van der Waals surface area (Å²) in [6, 6.07) is 14.1. The molecule has 0 aliphatic carbocycles. The lowest BCUT2D eigenvalue weighted by Crippen LogP contribution is -2.35. The molecule has 23 heavy (non-hydrogen) atoms. The van der Waals surface area contributed by atoms with E-state index in [0.717, 1.165) is 13.0 Å². The predicted molar refractivity (Wildman–Crippen MR) is 96.4 cm³/mol. The fourth-order valence-electron chi connectivity index (χ4n) is 3.95. The summed E-state index contributed by atoms with van der Waals surface area (Å²) in [6.07, 6.45) is 8.18. The van der Waals surface area contributed by atoms with E-state index in [2.05, 4.69) is 72.0 Å². The van der Waals surface area contributed by atoms with E-state index in [1.165, 1.54) is 47.5 Å². The molecule has 0 unspecified atom stereocenters. The van der Waals surface area contributed by atoms with Crippen molar-refractivity contribution in [2.75, 3.05) is 11.4 Å². The molecule has 1 aromatic carbocycles. The molecule has 1 aromatic heterocycles. The predicted octanol–water partition coefficient (Wildman–Crippen LogP) is 4.08. The number of benzene rings is 1. The first-order valence-electron chi connectivity index (χ1n) is 8.81. The van der Waals surface area contributed by atoms with Crippen LogP contribution in [0.2, 0.25) is 0 Å². The molecule has 0 radical (unpaired) electrons. The van der Waals surface area contributed by atoms with Gasteiger partial charge in [-0.15, -0.1) is 0 Å². The monoisotopic (exact) mass is 305 g/mol. The van der Waals surface area contributed by atoms with Gasteiger partial charge in [0.15, 0.2) is 12.7 Å². The van der Waals surface area contributed by atoms with Gasteiger partial charge in [-0.1, -0.05) is 6.07 Å². The summed E-state index contributed by atoms with van der Waals surface area (Å²) in [7, 11) is 0. The minimum Gasteiger partial charge on any atom is -0.369 e. The summed E-state index contributed by atoms with van der Waals surface area (Å²) in [6.45, 7) is 6.87. The van der Waals surface area contributed by atoms with Crippen LogP contribution in [0.25, 0.3) is 11.6 Å². The molecule has 3 heterocycles. The Morgan fingerprint density at radius 2 is 2.04 bits per heavy atom. The van der Waals surface area contributed by atoms with Gasteiger partial charge in [-0.05, 0) is 62.1 Å². The fraction of sp³-hybridized carbons (Fsp3) is 0.381. The number of fused-ring (bicyclic) bond motifs is 2. The summed E-state index contributed by atoms with van der Waals surface area (Å²) in [5.74, 6) is 0. The maximum Gasteiger partial charge on any atom is 0.208 e. The van der Waals surface area contributed by atoms with Gasteiger partial charge in [0, 0.05) is 42.4 Å². The van der Waals surface area contributed by atoms with Crippen molar-refractivity contribution in [2.45, 2.75) is 45.7 Å². The van der Waals surface area contributed by atoms with Crippen molar-refractivity contribution < 1.29 is 4.57 Å². The third-order valence-corrected chi connectivity index (χ3v) is 5.11. The van der Waals surface area contributed by atoms with Gasteiger partial charge in [0.2, 0.25) is 5.69 Å². The number of allylic oxidation sites excluding steroid dienone is 1. The van der Waals surface area contributed by atoms with E-state index in [0.29, 0.717) is 6.04 Å². The minimum absolute atomic E-state index is 0.580. The maximum atomic E-state index is 2.54. The lowest BCUT2D eigenvalue weighted by molar-refractivity contribution is -0.689. The Kier molecular flexibility index (Phi) is 3.68. The number of anilines is 1. The molecule has 4 rings (SSSR count). The highest BCUT2D eigenvalue weighted by Crippen LogP contribution is 2.31. The summed E-state index contributed by atoms with van der Waals surface area (Å²) >= 11 is 0. The smallest absolute Gasteiger partial charge is 0.208 e. The number of hydrogen-bond donors (Lipinski definition) is 0. The summed E-state index contributed by atoms with van der Waals surface area (Å²) in [5, 5.41) is 0. The largest absolute Gasteiger partial charge is 0.369 e. The highest BCUT2D eigenvalue weighted by atomic mass is 15.2. The van der Waals surface area contributed by atoms with Crippen molar-refractivity contribution in [3.05, 3.63) is 59.4 Å². The van der Waals surface area contributed by atoms with Crippen LogP contribution in [-0.4, -0.2) is 12.6 Å². The standard InChI is InChI=1S/C21H25N2/c1-16(2)23-12-5-6-18-14-17(8-9-21(18)23)15-19-10-13-22-11-4-3-7-20(19)22/h3-4,7-9,11,14-16H,5-6,10,12-13H2,1-2H3/q+1. The van der Waals surface area contributed by atoms with E-state index >= 15 is 0 Å². The zero-order valence-electron chi connectivity index (χ0n) is 14.1. The topological polar surface area (TPSA) is 7.12 Å². The van der Waals surface area contributed by atoms with Gasteiger partial charge in [0.05, 0.1) is 0 Å². The highest BCUT2D eigenvalue weighted by Gasteiger charge is 2.23. The van der Waals surface area contributed by atoms with Crippen molar-refractivity contribution in [2.24, 2.45) is 0 Å². The van der Waals surface area contributed by atoms with E-state index in [9.17, 15) is 0 Å². The van der Waals surface area contributed by atoms with Crippen molar-refractivity contribution in [3.63, 3.8) is 0 Å². The molecule has 2 aliphatic heterocycles. The van der Waals surface area contributed by atoms with Crippen LogP contribution in [0.3, 0.4) is 0 Å². The van der Waals surface area contributed by atoms with E-state index < -0.39 is 0 Å². The Hall–Kier alpha value is -2.09. The second-order valence-corrected chi connectivity index (χ2v) is 6.98. The van der Waals surface area contributed by atoms with Gasteiger partial charge in [0.1, 0.15) is 0 Å². The molecule has 118 valence electrons. The molecule has 0 atom stereocenters. The first-order valence-corrected chi connectivity index (χ1v) is 8.81. The van der Waals surface area contributed by atoms with E-state index in [1.54, 1.807) is 0 Å². The number of rotatable bonds is 2. The van der Waals surface area contributed by atoms with Gasteiger partial charge < -0.3 is 4.90 Å². The third-order valence-electron chi connectivity index (χ3n) is 5.11. The third kappa shape index (κ3) is 2.67. The summed E-state index contributed by atoms with van der Waals surface area (Å²) in [4.78, 5) is 2.54. The maximum absolute atomic E-state index is 2.54. The van der Waals surface area contributed by atoms with Crippen molar-refractivity contribution in [1.29, 1.82) is 0 Å². The normalized spacial score (nSPS) is 18.4. The molecular formula is C21H25N2+. The molecule has 0 N–H and O–H groups in total. The number of hydrogen-bond acceptors (Lipinski definition) is 1. The van der Waals surface area contributed by atoms with Gasteiger partial charge in [-0.25, -0.2) is 0 Å². The fourth-order valence-corrected chi connectivity index (χ4v) is 3.95. The average molecular weight is 305 g/mol. The van der Waals surface area contributed by atoms with Crippen molar-refractivity contribution in [1.82, 2.24) is 0 Å². The zero-order valence-corrected chi connectivity index (χ0v) is 14.1. The van der Waals surface area contributed by atoms with Crippen molar-refractivity contribution >= 4 is 17.3 Å². The first kappa shape index (κ1) is 14.5.